The maximum absolute atomic E-state index is 14.4. The Morgan fingerprint density at radius 3 is 2.63 bits per heavy atom. The molecular formula is C23H23FN2O3S. The SMILES string of the molecule is COCc1c(C(=O)Nc2cccc(C(=O)N3CCCC3)c2C)sc2cccc(F)c12. The first-order valence-electron chi connectivity index (χ1n) is 9.90. The van der Waals surface area contributed by atoms with Crippen molar-refractivity contribution in [2.24, 2.45) is 0 Å². The van der Waals surface area contributed by atoms with E-state index in [1.807, 2.05) is 11.8 Å². The normalized spacial score (nSPS) is 13.8. The molecule has 1 aliphatic heterocycles. The highest BCUT2D eigenvalue weighted by molar-refractivity contribution is 7.21. The van der Waals surface area contributed by atoms with Gasteiger partial charge in [0.15, 0.2) is 0 Å². The molecule has 5 nitrogen and oxygen atoms in total. The maximum Gasteiger partial charge on any atom is 0.266 e. The van der Waals surface area contributed by atoms with E-state index in [4.69, 9.17) is 4.74 Å². The van der Waals surface area contributed by atoms with Crippen LogP contribution < -0.4 is 5.32 Å². The van der Waals surface area contributed by atoms with E-state index in [1.165, 1.54) is 24.5 Å². The van der Waals surface area contributed by atoms with E-state index in [1.54, 1.807) is 30.3 Å². The quantitative estimate of drug-likeness (QED) is 0.626. The van der Waals surface area contributed by atoms with Crippen LogP contribution in [0.2, 0.25) is 0 Å². The van der Waals surface area contributed by atoms with Crippen LogP contribution in [0.3, 0.4) is 0 Å². The minimum atomic E-state index is -0.371. The molecular weight excluding hydrogens is 403 g/mol. The van der Waals surface area contributed by atoms with Crippen LogP contribution in [0.15, 0.2) is 36.4 Å². The Morgan fingerprint density at radius 2 is 1.90 bits per heavy atom. The van der Waals surface area contributed by atoms with Crippen molar-refractivity contribution in [2.75, 3.05) is 25.5 Å². The number of fused-ring (bicyclic) bond motifs is 1. The van der Waals surface area contributed by atoms with Gasteiger partial charge in [0.1, 0.15) is 5.82 Å². The third-order valence-corrected chi connectivity index (χ3v) is 6.66. The molecule has 1 fully saturated rings. The smallest absolute Gasteiger partial charge is 0.266 e. The van der Waals surface area contributed by atoms with Crippen molar-refractivity contribution < 1.29 is 18.7 Å². The fourth-order valence-electron chi connectivity index (χ4n) is 3.91. The number of nitrogens with zero attached hydrogens (tertiary/aromatic N) is 1. The highest BCUT2D eigenvalue weighted by Gasteiger charge is 2.24. The number of rotatable bonds is 5. The topological polar surface area (TPSA) is 58.6 Å². The van der Waals surface area contributed by atoms with Gasteiger partial charge in [-0.3, -0.25) is 9.59 Å². The van der Waals surface area contributed by atoms with Crippen molar-refractivity contribution >= 4 is 38.9 Å². The Bertz CT molecular complexity index is 1120. The third kappa shape index (κ3) is 3.70. The molecule has 4 rings (SSSR count). The number of benzene rings is 2. The number of likely N-dealkylation sites (tertiary alicyclic amines) is 1. The second-order valence-electron chi connectivity index (χ2n) is 7.39. The zero-order valence-corrected chi connectivity index (χ0v) is 17.8. The van der Waals surface area contributed by atoms with Crippen LogP contribution in [-0.2, 0) is 11.3 Å². The molecule has 30 heavy (non-hydrogen) atoms. The summed E-state index contributed by atoms with van der Waals surface area (Å²) >= 11 is 1.23. The van der Waals surface area contributed by atoms with Gasteiger partial charge < -0.3 is 15.0 Å². The highest BCUT2D eigenvalue weighted by Crippen LogP contribution is 2.34. The van der Waals surface area contributed by atoms with Gasteiger partial charge in [-0.05, 0) is 49.6 Å². The fraction of sp³-hybridized carbons (Fsp3) is 0.304. The van der Waals surface area contributed by atoms with Gasteiger partial charge >= 0.3 is 0 Å². The Morgan fingerprint density at radius 1 is 1.17 bits per heavy atom. The van der Waals surface area contributed by atoms with Crippen molar-refractivity contribution in [3.05, 3.63) is 63.8 Å². The average molecular weight is 427 g/mol. The molecule has 2 aromatic carbocycles. The first kappa shape index (κ1) is 20.5. The van der Waals surface area contributed by atoms with Gasteiger partial charge in [-0.1, -0.05) is 12.1 Å². The standard InChI is InChI=1S/C23H23FN2O3S/c1-14-15(23(28)26-11-3-4-12-26)7-5-9-18(14)25-22(27)21-16(13-29-2)20-17(24)8-6-10-19(20)30-21/h5-10H,3-4,11-13H2,1-2H3,(H,25,27). The summed E-state index contributed by atoms with van der Waals surface area (Å²) in [5.74, 6) is -0.717. The van der Waals surface area contributed by atoms with E-state index in [-0.39, 0.29) is 24.2 Å². The Hall–Kier alpha value is -2.77. The zero-order chi connectivity index (χ0) is 21.3. The number of thiophene rings is 1. The molecule has 1 aliphatic rings. The predicted molar refractivity (Wildman–Crippen MR) is 117 cm³/mol. The van der Waals surface area contributed by atoms with Gasteiger partial charge in [0.05, 0.1) is 11.5 Å². The second kappa shape index (κ2) is 8.53. The van der Waals surface area contributed by atoms with Gasteiger partial charge in [-0.15, -0.1) is 11.3 Å². The molecule has 7 heteroatoms. The van der Waals surface area contributed by atoms with Crippen LogP contribution in [0.1, 0.15) is 44.0 Å². The molecule has 0 radical (unpaired) electrons. The lowest BCUT2D eigenvalue weighted by Gasteiger charge is -2.18. The van der Waals surface area contributed by atoms with Gasteiger partial charge in [0.25, 0.3) is 11.8 Å². The number of anilines is 1. The van der Waals surface area contributed by atoms with E-state index in [0.29, 0.717) is 31.8 Å². The lowest BCUT2D eigenvalue weighted by molar-refractivity contribution is 0.0791. The molecule has 0 aliphatic carbocycles. The first-order valence-corrected chi connectivity index (χ1v) is 10.7. The Labute approximate surface area is 178 Å². The van der Waals surface area contributed by atoms with Gasteiger partial charge in [-0.25, -0.2) is 4.39 Å². The molecule has 0 unspecified atom stereocenters. The molecule has 2 heterocycles. The number of hydrogen-bond donors (Lipinski definition) is 1. The number of ether oxygens (including phenoxy) is 1. The first-order chi connectivity index (χ1) is 14.5. The molecule has 0 bridgehead atoms. The number of amides is 2. The lowest BCUT2D eigenvalue weighted by atomic mass is 10.0. The van der Waals surface area contributed by atoms with Crippen molar-refractivity contribution in [1.29, 1.82) is 0 Å². The van der Waals surface area contributed by atoms with Crippen LogP contribution in [0, 0.1) is 12.7 Å². The Balaban J connectivity index is 1.66. The Kier molecular flexibility index (Phi) is 5.83. The molecule has 1 N–H and O–H groups in total. The summed E-state index contributed by atoms with van der Waals surface area (Å²) in [6.45, 7) is 3.50. The van der Waals surface area contributed by atoms with Crippen molar-refractivity contribution in [2.45, 2.75) is 26.4 Å². The summed E-state index contributed by atoms with van der Waals surface area (Å²) < 4.78 is 20.3. The number of carbonyl (C=O) groups excluding carboxylic acids is 2. The van der Waals surface area contributed by atoms with E-state index in [2.05, 4.69) is 5.32 Å². The fourth-order valence-corrected chi connectivity index (χ4v) is 5.02. The average Bonchev–Trinajstić information content (AvgIpc) is 3.38. The molecule has 2 amide bonds. The minimum absolute atomic E-state index is 0.00916. The van der Waals surface area contributed by atoms with Crippen LogP contribution in [0.5, 0.6) is 0 Å². The van der Waals surface area contributed by atoms with Crippen LogP contribution in [0.25, 0.3) is 10.1 Å². The van der Waals surface area contributed by atoms with Gasteiger partial charge in [0.2, 0.25) is 0 Å². The molecule has 0 atom stereocenters. The lowest BCUT2D eigenvalue weighted by Crippen LogP contribution is -2.28. The molecule has 1 aromatic heterocycles. The number of nitrogens with one attached hydrogen (secondary N) is 1. The zero-order valence-electron chi connectivity index (χ0n) is 17.0. The van der Waals surface area contributed by atoms with E-state index in [0.717, 1.165) is 31.5 Å². The number of methoxy groups -OCH3 is 1. The van der Waals surface area contributed by atoms with Crippen LogP contribution in [-0.4, -0.2) is 36.9 Å². The van der Waals surface area contributed by atoms with E-state index >= 15 is 0 Å². The molecule has 0 spiro atoms. The van der Waals surface area contributed by atoms with Crippen molar-refractivity contribution in [1.82, 2.24) is 4.90 Å². The van der Waals surface area contributed by atoms with Gasteiger partial charge in [-0.2, -0.15) is 0 Å². The number of carbonyl (C=O) groups is 2. The molecule has 3 aromatic rings. The van der Waals surface area contributed by atoms with Gasteiger partial charge in [0, 0.05) is 47.1 Å². The summed E-state index contributed by atoms with van der Waals surface area (Å²) in [5, 5.41) is 3.33. The number of hydrogen-bond acceptors (Lipinski definition) is 4. The summed E-state index contributed by atoms with van der Waals surface area (Å²) in [4.78, 5) is 28.2. The van der Waals surface area contributed by atoms with Crippen LogP contribution in [0.4, 0.5) is 10.1 Å². The van der Waals surface area contributed by atoms with E-state index in [9.17, 15) is 14.0 Å². The van der Waals surface area contributed by atoms with Crippen molar-refractivity contribution in [3.8, 4) is 0 Å². The highest BCUT2D eigenvalue weighted by atomic mass is 32.1. The monoisotopic (exact) mass is 426 g/mol. The minimum Gasteiger partial charge on any atom is -0.380 e. The summed E-state index contributed by atoms with van der Waals surface area (Å²) in [5.41, 5.74) is 2.43. The predicted octanol–water partition coefficient (Wildman–Crippen LogP) is 4.98. The largest absolute Gasteiger partial charge is 0.380 e. The summed E-state index contributed by atoms with van der Waals surface area (Å²) in [6, 6.07) is 10.1. The third-order valence-electron chi connectivity index (χ3n) is 5.46. The number of halogens is 1. The van der Waals surface area contributed by atoms with E-state index < -0.39 is 0 Å². The molecule has 156 valence electrons. The van der Waals surface area contributed by atoms with Crippen LogP contribution >= 0.6 is 11.3 Å². The summed E-state index contributed by atoms with van der Waals surface area (Å²) in [6.07, 6.45) is 2.04. The maximum atomic E-state index is 14.4. The summed E-state index contributed by atoms with van der Waals surface area (Å²) in [7, 11) is 1.52. The molecule has 1 saturated heterocycles. The second-order valence-corrected chi connectivity index (χ2v) is 8.44. The van der Waals surface area contributed by atoms with Crippen molar-refractivity contribution in [3.63, 3.8) is 0 Å². The molecule has 0 saturated carbocycles.